The number of nitrogens with one attached hydrogen (secondary N) is 2. The molecule has 1 aliphatic heterocycles. The van der Waals surface area contributed by atoms with Gasteiger partial charge in [-0.15, -0.1) is 0 Å². The first kappa shape index (κ1) is 15.9. The van der Waals surface area contributed by atoms with Crippen LogP contribution in [0.25, 0.3) is 10.9 Å². The maximum absolute atomic E-state index is 12.5. The molecule has 2 aromatic rings. The molecular formula is C18H23N3O2. The lowest BCUT2D eigenvalue weighted by Gasteiger charge is -2.17. The Morgan fingerprint density at radius 1 is 1.30 bits per heavy atom. The highest BCUT2D eigenvalue weighted by molar-refractivity contribution is 5.98. The number of rotatable bonds is 4. The molecule has 122 valence electrons. The topological polar surface area (TPSA) is 74.2 Å². The Hall–Kier alpha value is -1.98. The molecule has 1 fully saturated rings. The fraction of sp³-hybridized carbons (Fsp3) is 0.444. The van der Waals surface area contributed by atoms with Crippen molar-refractivity contribution < 1.29 is 9.90 Å². The Bertz CT molecular complexity index is 730. The summed E-state index contributed by atoms with van der Waals surface area (Å²) in [7, 11) is 0. The van der Waals surface area contributed by atoms with Crippen LogP contribution in [0, 0.1) is 25.7 Å². The third kappa shape index (κ3) is 3.35. The molecule has 0 aliphatic carbocycles. The zero-order chi connectivity index (χ0) is 16.4. The quantitative estimate of drug-likeness (QED) is 0.798. The van der Waals surface area contributed by atoms with Crippen molar-refractivity contribution in [3.8, 4) is 0 Å². The van der Waals surface area contributed by atoms with Crippen molar-refractivity contribution in [1.82, 2.24) is 15.6 Å². The number of fused-ring (bicyclic) bond motifs is 1. The number of aromatic nitrogens is 1. The summed E-state index contributed by atoms with van der Waals surface area (Å²) in [6.45, 7) is 6.27. The Kier molecular flexibility index (Phi) is 4.59. The van der Waals surface area contributed by atoms with E-state index in [2.05, 4.69) is 15.6 Å². The monoisotopic (exact) mass is 313 g/mol. The van der Waals surface area contributed by atoms with Gasteiger partial charge >= 0.3 is 0 Å². The lowest BCUT2D eigenvalue weighted by molar-refractivity contribution is 0.0939. The molecule has 1 amide bonds. The standard InChI is InChI=1S/C18H23N3O2/c1-11-3-4-17-13(5-11)6-16(12(2)21-17)18(23)20-9-14-7-19-8-15(14)10-22/h3-6,14-15,19,22H,7-10H2,1-2H3,(H,20,23)/t14-,15-/m0/s1. The molecule has 1 aromatic carbocycles. The third-order valence-electron chi connectivity index (χ3n) is 4.64. The molecule has 3 rings (SSSR count). The molecule has 0 spiro atoms. The Labute approximate surface area is 136 Å². The van der Waals surface area contributed by atoms with Gasteiger partial charge in [-0.3, -0.25) is 9.78 Å². The highest BCUT2D eigenvalue weighted by atomic mass is 16.3. The lowest BCUT2D eigenvalue weighted by atomic mass is 9.97. The third-order valence-corrected chi connectivity index (χ3v) is 4.64. The van der Waals surface area contributed by atoms with E-state index in [9.17, 15) is 9.90 Å². The van der Waals surface area contributed by atoms with Crippen molar-refractivity contribution in [3.05, 3.63) is 41.1 Å². The molecule has 1 saturated heterocycles. The molecule has 0 saturated carbocycles. The minimum Gasteiger partial charge on any atom is -0.396 e. The second-order valence-corrected chi connectivity index (χ2v) is 6.39. The van der Waals surface area contributed by atoms with Crippen LogP contribution in [-0.4, -0.2) is 42.2 Å². The molecule has 5 nitrogen and oxygen atoms in total. The number of aryl methyl sites for hydroxylation is 2. The summed E-state index contributed by atoms with van der Waals surface area (Å²) in [5.41, 5.74) is 3.42. The van der Waals surface area contributed by atoms with E-state index in [1.165, 1.54) is 0 Å². The second-order valence-electron chi connectivity index (χ2n) is 6.39. The molecule has 1 aliphatic rings. The van der Waals surface area contributed by atoms with Crippen LogP contribution in [0.1, 0.15) is 21.6 Å². The van der Waals surface area contributed by atoms with Crippen LogP contribution < -0.4 is 10.6 Å². The maximum Gasteiger partial charge on any atom is 0.253 e. The van der Waals surface area contributed by atoms with Crippen LogP contribution >= 0.6 is 0 Å². The molecule has 5 heteroatoms. The van der Waals surface area contributed by atoms with Crippen LogP contribution in [0.3, 0.4) is 0 Å². The fourth-order valence-electron chi connectivity index (χ4n) is 3.18. The molecule has 0 radical (unpaired) electrons. The summed E-state index contributed by atoms with van der Waals surface area (Å²) in [6, 6.07) is 7.96. The van der Waals surface area contributed by atoms with E-state index in [4.69, 9.17) is 0 Å². The summed E-state index contributed by atoms with van der Waals surface area (Å²) >= 11 is 0. The van der Waals surface area contributed by atoms with Gasteiger partial charge in [-0.2, -0.15) is 0 Å². The summed E-state index contributed by atoms with van der Waals surface area (Å²) in [5.74, 6) is 0.399. The van der Waals surface area contributed by atoms with Gasteiger partial charge < -0.3 is 15.7 Å². The van der Waals surface area contributed by atoms with Crippen LogP contribution in [0.5, 0.6) is 0 Å². The van der Waals surface area contributed by atoms with Crippen molar-refractivity contribution in [2.45, 2.75) is 13.8 Å². The second kappa shape index (κ2) is 6.64. The molecular weight excluding hydrogens is 290 g/mol. The predicted molar refractivity (Wildman–Crippen MR) is 90.5 cm³/mol. The lowest BCUT2D eigenvalue weighted by Crippen LogP contribution is -2.33. The summed E-state index contributed by atoms with van der Waals surface area (Å²) in [5, 5.41) is 16.6. The Morgan fingerprint density at radius 2 is 2.09 bits per heavy atom. The number of carbonyl (C=O) groups is 1. The van der Waals surface area contributed by atoms with E-state index < -0.39 is 0 Å². The van der Waals surface area contributed by atoms with Crippen LogP contribution in [0.2, 0.25) is 0 Å². The van der Waals surface area contributed by atoms with Crippen molar-refractivity contribution >= 4 is 16.8 Å². The van der Waals surface area contributed by atoms with E-state index in [0.29, 0.717) is 12.1 Å². The van der Waals surface area contributed by atoms with Crippen LogP contribution in [0.4, 0.5) is 0 Å². The van der Waals surface area contributed by atoms with E-state index in [-0.39, 0.29) is 24.3 Å². The number of aliphatic hydroxyl groups is 1. The molecule has 0 bridgehead atoms. The maximum atomic E-state index is 12.5. The fourth-order valence-corrected chi connectivity index (χ4v) is 3.18. The number of amides is 1. The van der Waals surface area contributed by atoms with Gasteiger partial charge in [-0.25, -0.2) is 0 Å². The largest absolute Gasteiger partial charge is 0.396 e. The molecule has 3 N–H and O–H groups in total. The van der Waals surface area contributed by atoms with E-state index in [0.717, 1.165) is 35.2 Å². The molecule has 0 unspecified atom stereocenters. The number of pyridine rings is 1. The zero-order valence-electron chi connectivity index (χ0n) is 13.6. The normalized spacial score (nSPS) is 20.8. The van der Waals surface area contributed by atoms with Crippen molar-refractivity contribution in [2.24, 2.45) is 11.8 Å². The highest BCUT2D eigenvalue weighted by Crippen LogP contribution is 2.19. The minimum absolute atomic E-state index is 0.0954. The Morgan fingerprint density at radius 3 is 2.87 bits per heavy atom. The average molecular weight is 313 g/mol. The first-order valence-electron chi connectivity index (χ1n) is 8.06. The van der Waals surface area contributed by atoms with Gasteiger partial charge in [-0.1, -0.05) is 11.6 Å². The Balaban J connectivity index is 1.76. The van der Waals surface area contributed by atoms with Gasteiger partial charge in [0.2, 0.25) is 0 Å². The van der Waals surface area contributed by atoms with Gasteiger partial charge in [-0.05, 0) is 38.0 Å². The first-order valence-corrected chi connectivity index (χ1v) is 8.06. The van der Waals surface area contributed by atoms with Crippen LogP contribution in [0.15, 0.2) is 24.3 Å². The van der Waals surface area contributed by atoms with Gasteiger partial charge in [0, 0.05) is 37.5 Å². The number of nitrogens with zero attached hydrogens (tertiary/aromatic N) is 1. The van der Waals surface area contributed by atoms with E-state index in [1.807, 2.05) is 38.1 Å². The smallest absolute Gasteiger partial charge is 0.253 e. The van der Waals surface area contributed by atoms with Crippen LogP contribution in [-0.2, 0) is 0 Å². The highest BCUT2D eigenvalue weighted by Gasteiger charge is 2.26. The molecule has 23 heavy (non-hydrogen) atoms. The van der Waals surface area contributed by atoms with Gasteiger partial charge in [0.15, 0.2) is 0 Å². The zero-order valence-corrected chi connectivity index (χ0v) is 13.6. The van der Waals surface area contributed by atoms with Crippen molar-refractivity contribution in [1.29, 1.82) is 0 Å². The van der Waals surface area contributed by atoms with Gasteiger partial charge in [0.05, 0.1) is 16.8 Å². The molecule has 2 atom stereocenters. The number of carbonyl (C=O) groups excluding carboxylic acids is 1. The van der Waals surface area contributed by atoms with E-state index >= 15 is 0 Å². The van der Waals surface area contributed by atoms with Crippen molar-refractivity contribution in [2.75, 3.05) is 26.2 Å². The SMILES string of the molecule is Cc1ccc2nc(C)c(C(=O)NC[C@@H]3CNC[C@H]3CO)cc2c1. The molecule has 2 heterocycles. The number of hydrogen-bond acceptors (Lipinski definition) is 4. The van der Waals surface area contributed by atoms with Gasteiger partial charge in [0.25, 0.3) is 5.91 Å². The summed E-state index contributed by atoms with van der Waals surface area (Å²) in [6.07, 6.45) is 0. The summed E-state index contributed by atoms with van der Waals surface area (Å²) in [4.78, 5) is 17.0. The minimum atomic E-state index is -0.0954. The van der Waals surface area contributed by atoms with Crippen molar-refractivity contribution in [3.63, 3.8) is 0 Å². The first-order chi connectivity index (χ1) is 11.1. The molecule has 1 aromatic heterocycles. The number of hydrogen-bond donors (Lipinski definition) is 3. The van der Waals surface area contributed by atoms with Gasteiger partial charge in [0.1, 0.15) is 0 Å². The van der Waals surface area contributed by atoms with E-state index in [1.54, 1.807) is 0 Å². The summed E-state index contributed by atoms with van der Waals surface area (Å²) < 4.78 is 0. The number of benzene rings is 1. The predicted octanol–water partition coefficient (Wildman–Crippen LogP) is 1.41. The number of aliphatic hydroxyl groups excluding tert-OH is 1. The average Bonchev–Trinajstić information content (AvgIpc) is 3.00.